The van der Waals surface area contributed by atoms with Gasteiger partial charge in [0, 0.05) is 32.4 Å². The largest absolute Gasteiger partial charge is 0.378 e. The fraction of sp³-hybridized carbons (Fsp3) is 0.500. The molecule has 0 saturated carbocycles. The Balaban J connectivity index is 2.07. The van der Waals surface area contributed by atoms with Crippen LogP contribution in [-0.4, -0.2) is 32.8 Å². The maximum atomic E-state index is 5.63. The number of hydrogen-bond donors (Lipinski definition) is 1. The number of anilines is 1. The summed E-state index contributed by atoms with van der Waals surface area (Å²) in [5.41, 5.74) is 8.41. The lowest BCUT2D eigenvalue weighted by atomic mass is 10.2. The molecular formula is C12H18N2O. The van der Waals surface area contributed by atoms with Crippen LogP contribution in [0.1, 0.15) is 5.56 Å². The van der Waals surface area contributed by atoms with Gasteiger partial charge in [0.2, 0.25) is 0 Å². The third-order valence-corrected chi connectivity index (χ3v) is 3.00. The molecule has 0 spiro atoms. The first kappa shape index (κ1) is 10.5. The highest BCUT2D eigenvalue weighted by atomic mass is 16.5. The zero-order valence-corrected chi connectivity index (χ0v) is 9.15. The molecule has 3 nitrogen and oxygen atoms in total. The van der Waals surface area contributed by atoms with E-state index < -0.39 is 0 Å². The van der Waals surface area contributed by atoms with Crippen molar-refractivity contribution in [3.05, 3.63) is 29.8 Å². The van der Waals surface area contributed by atoms with Crippen LogP contribution in [0.5, 0.6) is 0 Å². The van der Waals surface area contributed by atoms with Crippen molar-refractivity contribution < 1.29 is 4.74 Å². The Morgan fingerprint density at radius 1 is 1.47 bits per heavy atom. The molecule has 82 valence electrons. The van der Waals surface area contributed by atoms with Crippen LogP contribution in [0.2, 0.25) is 0 Å². The Bertz CT molecular complexity index is 323. The van der Waals surface area contributed by atoms with Crippen molar-refractivity contribution >= 4 is 5.69 Å². The minimum atomic E-state index is 0.135. The van der Waals surface area contributed by atoms with Gasteiger partial charge in [-0.15, -0.1) is 0 Å². The van der Waals surface area contributed by atoms with E-state index in [2.05, 4.69) is 29.2 Å². The van der Waals surface area contributed by atoms with E-state index in [4.69, 9.17) is 10.5 Å². The summed E-state index contributed by atoms with van der Waals surface area (Å²) in [6, 6.07) is 8.55. The fourth-order valence-electron chi connectivity index (χ4n) is 2.09. The van der Waals surface area contributed by atoms with Gasteiger partial charge >= 0.3 is 0 Å². The van der Waals surface area contributed by atoms with Crippen LogP contribution in [0.15, 0.2) is 24.3 Å². The molecule has 0 fully saturated rings. The minimum absolute atomic E-state index is 0.135. The fourth-order valence-corrected chi connectivity index (χ4v) is 2.09. The molecule has 0 saturated heterocycles. The average Bonchev–Trinajstić information content (AvgIpc) is 2.69. The summed E-state index contributed by atoms with van der Waals surface area (Å²) < 4.78 is 5.31. The zero-order chi connectivity index (χ0) is 10.7. The molecule has 3 heteroatoms. The Hall–Kier alpha value is -1.06. The molecule has 1 aliphatic heterocycles. The molecule has 1 aliphatic rings. The predicted octanol–water partition coefficient (Wildman–Crippen LogP) is 1.02. The molecule has 2 N–H and O–H groups in total. The first-order valence-electron chi connectivity index (χ1n) is 5.41. The highest BCUT2D eigenvalue weighted by Crippen LogP contribution is 2.27. The number of nitrogens with two attached hydrogens (primary N) is 1. The monoisotopic (exact) mass is 206 g/mol. The Labute approximate surface area is 90.8 Å². The number of ether oxygens (including phenoxy) is 1. The summed E-state index contributed by atoms with van der Waals surface area (Å²) >= 11 is 0. The highest BCUT2D eigenvalue weighted by molar-refractivity contribution is 5.57. The second kappa shape index (κ2) is 4.64. The van der Waals surface area contributed by atoms with Crippen molar-refractivity contribution in [3.8, 4) is 0 Å². The van der Waals surface area contributed by atoms with Crippen molar-refractivity contribution in [1.82, 2.24) is 0 Å². The quantitative estimate of drug-likeness (QED) is 0.799. The second-order valence-corrected chi connectivity index (χ2v) is 3.92. The van der Waals surface area contributed by atoms with Crippen LogP contribution in [0.25, 0.3) is 0 Å². The lowest BCUT2D eigenvalue weighted by molar-refractivity contribution is 0.115. The molecule has 0 radical (unpaired) electrons. The number of rotatable bonds is 4. The third kappa shape index (κ3) is 2.13. The van der Waals surface area contributed by atoms with E-state index >= 15 is 0 Å². The molecule has 15 heavy (non-hydrogen) atoms. The number of benzene rings is 1. The van der Waals surface area contributed by atoms with Crippen LogP contribution >= 0.6 is 0 Å². The summed E-state index contributed by atoms with van der Waals surface area (Å²) in [7, 11) is 1.72. The van der Waals surface area contributed by atoms with Gasteiger partial charge in [0.1, 0.15) is 0 Å². The van der Waals surface area contributed by atoms with Gasteiger partial charge in [-0.2, -0.15) is 0 Å². The molecule has 1 atom stereocenters. The van der Waals surface area contributed by atoms with Gasteiger partial charge in [0.05, 0.1) is 6.10 Å². The molecular weight excluding hydrogens is 188 g/mol. The lowest BCUT2D eigenvalue weighted by Crippen LogP contribution is -2.36. The summed E-state index contributed by atoms with van der Waals surface area (Å²) in [5, 5.41) is 0. The van der Waals surface area contributed by atoms with E-state index in [1.165, 1.54) is 11.3 Å². The first-order valence-corrected chi connectivity index (χ1v) is 5.41. The summed E-state index contributed by atoms with van der Waals surface area (Å²) in [6.07, 6.45) is 1.27. The molecule has 0 bridgehead atoms. The molecule has 1 aromatic rings. The number of nitrogens with zero attached hydrogens (tertiary/aromatic N) is 1. The van der Waals surface area contributed by atoms with Crippen molar-refractivity contribution in [2.45, 2.75) is 12.5 Å². The third-order valence-electron chi connectivity index (χ3n) is 3.00. The van der Waals surface area contributed by atoms with Gasteiger partial charge in [-0.3, -0.25) is 0 Å². The topological polar surface area (TPSA) is 38.5 Å². The van der Waals surface area contributed by atoms with Crippen LogP contribution in [0.4, 0.5) is 5.69 Å². The average molecular weight is 206 g/mol. The van der Waals surface area contributed by atoms with Gasteiger partial charge in [0.15, 0.2) is 0 Å². The van der Waals surface area contributed by atoms with E-state index in [1.54, 1.807) is 7.11 Å². The SMILES string of the molecule is COC(CN)CN1CCc2ccccc21. The van der Waals surface area contributed by atoms with Crippen molar-refractivity contribution in [3.63, 3.8) is 0 Å². The molecule has 2 rings (SSSR count). The van der Waals surface area contributed by atoms with Crippen LogP contribution in [-0.2, 0) is 11.2 Å². The van der Waals surface area contributed by atoms with E-state index in [1.807, 2.05) is 0 Å². The van der Waals surface area contributed by atoms with E-state index in [9.17, 15) is 0 Å². The van der Waals surface area contributed by atoms with Crippen molar-refractivity contribution in [2.75, 3.05) is 31.6 Å². The maximum Gasteiger partial charge on any atom is 0.0867 e. The van der Waals surface area contributed by atoms with E-state index in [0.29, 0.717) is 6.54 Å². The first-order chi connectivity index (χ1) is 7.35. The summed E-state index contributed by atoms with van der Waals surface area (Å²) in [5.74, 6) is 0. The molecule has 0 aromatic heterocycles. The summed E-state index contributed by atoms with van der Waals surface area (Å²) in [4.78, 5) is 2.36. The lowest BCUT2D eigenvalue weighted by Gasteiger charge is -2.24. The maximum absolute atomic E-state index is 5.63. The normalized spacial score (nSPS) is 16.5. The predicted molar refractivity (Wildman–Crippen MR) is 62.2 cm³/mol. The molecule has 1 heterocycles. The van der Waals surface area contributed by atoms with Crippen LogP contribution in [0.3, 0.4) is 0 Å². The molecule has 1 unspecified atom stereocenters. The molecule has 0 amide bonds. The van der Waals surface area contributed by atoms with Gasteiger partial charge in [0.25, 0.3) is 0 Å². The highest BCUT2D eigenvalue weighted by Gasteiger charge is 2.20. The van der Waals surface area contributed by atoms with E-state index in [0.717, 1.165) is 19.5 Å². The number of fused-ring (bicyclic) bond motifs is 1. The number of hydrogen-bond acceptors (Lipinski definition) is 3. The van der Waals surface area contributed by atoms with Crippen molar-refractivity contribution in [1.29, 1.82) is 0 Å². The summed E-state index contributed by atoms with van der Waals surface area (Å²) in [6.45, 7) is 2.55. The van der Waals surface area contributed by atoms with Crippen molar-refractivity contribution in [2.24, 2.45) is 5.73 Å². The van der Waals surface area contributed by atoms with Gasteiger partial charge in [-0.1, -0.05) is 18.2 Å². The second-order valence-electron chi connectivity index (χ2n) is 3.92. The number of para-hydroxylation sites is 1. The van der Waals surface area contributed by atoms with E-state index in [-0.39, 0.29) is 6.10 Å². The Morgan fingerprint density at radius 3 is 3.00 bits per heavy atom. The van der Waals surface area contributed by atoms with Gasteiger partial charge in [-0.05, 0) is 18.1 Å². The zero-order valence-electron chi connectivity index (χ0n) is 9.15. The minimum Gasteiger partial charge on any atom is -0.378 e. The van der Waals surface area contributed by atoms with Gasteiger partial charge in [-0.25, -0.2) is 0 Å². The van der Waals surface area contributed by atoms with Crippen LogP contribution < -0.4 is 10.6 Å². The molecule has 1 aromatic carbocycles. The van der Waals surface area contributed by atoms with Gasteiger partial charge < -0.3 is 15.4 Å². The smallest absolute Gasteiger partial charge is 0.0867 e. The number of methoxy groups -OCH3 is 1. The molecule has 0 aliphatic carbocycles. The Morgan fingerprint density at radius 2 is 2.27 bits per heavy atom. The van der Waals surface area contributed by atoms with Crippen LogP contribution in [0, 0.1) is 0 Å². The standard InChI is InChI=1S/C12H18N2O/c1-15-11(8-13)9-14-7-6-10-4-2-3-5-12(10)14/h2-5,11H,6-9,13H2,1H3. The Kier molecular flexibility index (Phi) is 3.23.